The first-order chi connectivity index (χ1) is 16.2. The van der Waals surface area contributed by atoms with Gasteiger partial charge in [-0.15, -0.1) is 0 Å². The monoisotopic (exact) mass is 473 g/mol. The van der Waals surface area contributed by atoms with E-state index in [9.17, 15) is 19.2 Å². The molecule has 2 amide bonds. The average Bonchev–Trinajstić information content (AvgIpc) is 3.34. The van der Waals surface area contributed by atoms with Gasteiger partial charge in [-0.1, -0.05) is 19.1 Å². The number of carboxylic acid groups (broad SMARTS) is 2. The van der Waals surface area contributed by atoms with Crippen LogP contribution in [-0.4, -0.2) is 50.9 Å². The van der Waals surface area contributed by atoms with Crippen molar-refractivity contribution in [3.63, 3.8) is 0 Å². The molecule has 10 nitrogen and oxygen atoms in total. The second kappa shape index (κ2) is 15.0. The maximum Gasteiger partial charge on any atom is 0.303 e. The van der Waals surface area contributed by atoms with Gasteiger partial charge in [0.1, 0.15) is 0 Å². The number of carbonyl (C=O) groups is 5. The summed E-state index contributed by atoms with van der Waals surface area (Å²) >= 11 is 0. The SMILES string of the molecule is CC[C@H](NC(=O)CCc1ccc(-n2cccc2)cc1)C(=O)C[C@@H](CCC(=O)O)C(N)=O.O=CO. The van der Waals surface area contributed by atoms with Crippen LogP contribution in [0.25, 0.3) is 5.69 Å². The molecule has 0 aliphatic heterocycles. The van der Waals surface area contributed by atoms with Gasteiger partial charge in [0.05, 0.1) is 6.04 Å². The largest absolute Gasteiger partial charge is 0.483 e. The van der Waals surface area contributed by atoms with E-state index in [4.69, 9.17) is 20.7 Å². The van der Waals surface area contributed by atoms with E-state index >= 15 is 0 Å². The van der Waals surface area contributed by atoms with Crippen molar-refractivity contribution in [2.45, 2.75) is 51.5 Å². The van der Waals surface area contributed by atoms with Crippen LogP contribution in [-0.2, 0) is 30.4 Å². The summed E-state index contributed by atoms with van der Waals surface area (Å²) in [4.78, 5) is 55.5. The standard InChI is InChI=1S/C23H29N3O5.CH2O2/c1-2-19(20(27)15-17(23(24)31)8-12-22(29)30)25-21(28)11-7-16-5-9-18(10-6-16)26-13-3-4-14-26;2-1-3/h3-6,9-10,13-14,17,19H,2,7-8,11-12,15H2,1H3,(H2,24,31)(H,25,28)(H,29,30);1H,(H,2,3)/t17-,19+;/m1./s1. The summed E-state index contributed by atoms with van der Waals surface area (Å²) in [6.45, 7) is 1.51. The number of benzene rings is 1. The van der Waals surface area contributed by atoms with Crippen LogP contribution in [0.3, 0.4) is 0 Å². The van der Waals surface area contributed by atoms with Crippen molar-refractivity contribution in [2.75, 3.05) is 0 Å². The Balaban J connectivity index is 0.00000182. The number of amides is 2. The third-order valence-corrected chi connectivity index (χ3v) is 5.17. The minimum Gasteiger partial charge on any atom is -0.483 e. The molecule has 1 aromatic carbocycles. The normalized spacial score (nSPS) is 11.9. The fourth-order valence-corrected chi connectivity index (χ4v) is 3.30. The van der Waals surface area contributed by atoms with Gasteiger partial charge in [-0.2, -0.15) is 0 Å². The van der Waals surface area contributed by atoms with E-state index in [1.54, 1.807) is 6.92 Å². The van der Waals surface area contributed by atoms with E-state index in [1.165, 1.54) is 0 Å². The predicted molar refractivity (Wildman–Crippen MR) is 124 cm³/mol. The van der Waals surface area contributed by atoms with Gasteiger partial charge in [0.2, 0.25) is 11.8 Å². The van der Waals surface area contributed by atoms with E-state index in [-0.39, 0.29) is 43.8 Å². The predicted octanol–water partition coefficient (Wildman–Crippen LogP) is 1.93. The molecule has 2 aromatic rings. The number of aromatic nitrogens is 1. The second-order valence-corrected chi connectivity index (χ2v) is 7.59. The minimum atomic E-state index is -1.06. The van der Waals surface area contributed by atoms with Gasteiger partial charge in [0.15, 0.2) is 5.78 Å². The van der Waals surface area contributed by atoms with Crippen molar-refractivity contribution in [3.8, 4) is 5.69 Å². The Morgan fingerprint density at radius 1 is 1.09 bits per heavy atom. The van der Waals surface area contributed by atoms with Crippen LogP contribution in [0.4, 0.5) is 0 Å². The van der Waals surface area contributed by atoms with Gasteiger partial charge in [-0.05, 0) is 49.1 Å². The molecule has 5 N–H and O–H groups in total. The zero-order chi connectivity index (χ0) is 25.5. The molecular formula is C24H31N3O7. The summed E-state index contributed by atoms with van der Waals surface area (Å²) in [6, 6.07) is 11.0. The Hall–Kier alpha value is -3.95. The summed E-state index contributed by atoms with van der Waals surface area (Å²) in [7, 11) is 0. The number of Topliss-reactive ketones (excluding diaryl/α,β-unsaturated/α-hetero) is 1. The fraction of sp³-hybridized carbons (Fsp3) is 0.375. The van der Waals surface area contributed by atoms with Gasteiger partial charge < -0.3 is 25.8 Å². The molecule has 0 fully saturated rings. The molecule has 0 bridgehead atoms. The van der Waals surface area contributed by atoms with Crippen molar-refractivity contribution in [1.29, 1.82) is 0 Å². The average molecular weight is 474 g/mol. The zero-order valence-electron chi connectivity index (χ0n) is 19.1. The Labute approximate surface area is 197 Å². The molecule has 0 aliphatic rings. The molecule has 1 heterocycles. The molecule has 0 saturated carbocycles. The smallest absolute Gasteiger partial charge is 0.303 e. The topological polar surface area (TPSA) is 169 Å². The van der Waals surface area contributed by atoms with Crippen LogP contribution in [0, 0.1) is 5.92 Å². The lowest BCUT2D eigenvalue weighted by Gasteiger charge is -2.19. The first-order valence-corrected chi connectivity index (χ1v) is 10.8. The lowest BCUT2D eigenvalue weighted by atomic mass is 9.92. The van der Waals surface area contributed by atoms with Crippen LogP contribution in [0.15, 0.2) is 48.8 Å². The molecule has 0 saturated heterocycles. The molecular weight excluding hydrogens is 442 g/mol. The van der Waals surface area contributed by atoms with Gasteiger partial charge >= 0.3 is 5.97 Å². The number of ketones is 1. The van der Waals surface area contributed by atoms with Gasteiger partial charge in [-0.25, -0.2) is 0 Å². The van der Waals surface area contributed by atoms with Crippen molar-refractivity contribution < 1.29 is 34.2 Å². The Morgan fingerprint density at radius 2 is 1.68 bits per heavy atom. The Kier molecular flexibility index (Phi) is 12.4. The van der Waals surface area contributed by atoms with Crippen molar-refractivity contribution in [2.24, 2.45) is 11.7 Å². The van der Waals surface area contributed by atoms with Gasteiger partial charge in [0.25, 0.3) is 6.47 Å². The number of nitrogens with one attached hydrogen (secondary N) is 1. The number of hydrogen-bond acceptors (Lipinski definition) is 5. The molecule has 1 aromatic heterocycles. The van der Waals surface area contributed by atoms with E-state index in [1.807, 2.05) is 53.4 Å². The quantitative estimate of drug-likeness (QED) is 0.322. The van der Waals surface area contributed by atoms with E-state index in [2.05, 4.69) is 5.32 Å². The number of carboxylic acids is 1. The highest BCUT2D eigenvalue weighted by atomic mass is 16.4. The Morgan fingerprint density at radius 3 is 2.18 bits per heavy atom. The minimum absolute atomic E-state index is 0.000205. The van der Waals surface area contributed by atoms with Crippen molar-refractivity contribution in [3.05, 3.63) is 54.4 Å². The van der Waals surface area contributed by atoms with E-state index in [0.29, 0.717) is 12.8 Å². The number of nitrogens with two attached hydrogens (primary N) is 1. The summed E-state index contributed by atoms with van der Waals surface area (Å²) < 4.78 is 1.99. The van der Waals surface area contributed by atoms with Crippen LogP contribution in [0.5, 0.6) is 0 Å². The number of aryl methyl sites for hydroxylation is 1. The highest BCUT2D eigenvalue weighted by Gasteiger charge is 2.25. The first kappa shape index (κ1) is 28.1. The fourth-order valence-electron chi connectivity index (χ4n) is 3.30. The molecule has 2 rings (SSSR count). The second-order valence-electron chi connectivity index (χ2n) is 7.59. The van der Waals surface area contributed by atoms with Crippen LogP contribution in [0.1, 0.15) is 44.6 Å². The van der Waals surface area contributed by atoms with E-state index in [0.717, 1.165) is 11.3 Å². The molecule has 34 heavy (non-hydrogen) atoms. The molecule has 0 spiro atoms. The lowest BCUT2D eigenvalue weighted by molar-refractivity contribution is -0.138. The molecule has 2 atom stereocenters. The highest BCUT2D eigenvalue weighted by Crippen LogP contribution is 2.15. The number of nitrogens with zero attached hydrogens (tertiary/aromatic N) is 1. The third-order valence-electron chi connectivity index (χ3n) is 5.17. The summed E-state index contributed by atoms with van der Waals surface area (Å²) in [5.41, 5.74) is 7.33. The van der Waals surface area contributed by atoms with E-state index < -0.39 is 23.8 Å². The van der Waals surface area contributed by atoms with Crippen LogP contribution >= 0.6 is 0 Å². The van der Waals surface area contributed by atoms with Crippen LogP contribution in [0.2, 0.25) is 0 Å². The molecule has 0 aliphatic carbocycles. The molecule has 10 heteroatoms. The highest BCUT2D eigenvalue weighted by molar-refractivity contribution is 5.92. The van der Waals surface area contributed by atoms with Crippen LogP contribution < -0.4 is 11.1 Å². The number of rotatable bonds is 13. The maximum atomic E-state index is 12.5. The number of aliphatic carboxylic acids is 1. The third kappa shape index (κ3) is 10.1. The van der Waals surface area contributed by atoms with Crippen molar-refractivity contribution >= 4 is 30.0 Å². The van der Waals surface area contributed by atoms with Crippen molar-refractivity contribution in [1.82, 2.24) is 9.88 Å². The number of hydrogen-bond donors (Lipinski definition) is 4. The molecule has 0 radical (unpaired) electrons. The summed E-state index contributed by atoms with van der Waals surface area (Å²) in [6.07, 6.45) is 4.62. The number of primary amides is 1. The zero-order valence-corrected chi connectivity index (χ0v) is 19.1. The Bertz CT molecular complexity index is 940. The van der Waals surface area contributed by atoms with Gasteiger partial charge in [-0.3, -0.25) is 24.0 Å². The lowest BCUT2D eigenvalue weighted by Crippen LogP contribution is -2.42. The maximum absolute atomic E-state index is 12.5. The summed E-state index contributed by atoms with van der Waals surface area (Å²) in [5, 5.41) is 18.4. The number of carbonyl (C=O) groups excluding carboxylic acids is 3. The molecule has 0 unspecified atom stereocenters. The summed E-state index contributed by atoms with van der Waals surface area (Å²) in [5.74, 6) is -3.19. The first-order valence-electron chi connectivity index (χ1n) is 10.8. The van der Waals surface area contributed by atoms with Gasteiger partial charge in [0, 0.05) is 43.3 Å². The molecule has 184 valence electrons.